The number of anilines is 1. The Morgan fingerprint density at radius 2 is 1.83 bits per heavy atom. The van der Waals surface area contributed by atoms with Crippen LogP contribution in [0.2, 0.25) is 0 Å². The highest BCUT2D eigenvalue weighted by molar-refractivity contribution is 5.94. The van der Waals surface area contributed by atoms with E-state index in [4.69, 9.17) is 19.5 Å². The van der Waals surface area contributed by atoms with Gasteiger partial charge in [0.1, 0.15) is 6.42 Å². The van der Waals surface area contributed by atoms with Crippen LogP contribution in [-0.4, -0.2) is 31.2 Å². The average molecular weight is 409 g/mol. The summed E-state index contributed by atoms with van der Waals surface area (Å²) in [4.78, 5) is 35.6. The first-order chi connectivity index (χ1) is 14.5. The van der Waals surface area contributed by atoms with Crippen LogP contribution < -0.4 is 20.1 Å². The van der Waals surface area contributed by atoms with Gasteiger partial charge >= 0.3 is 5.97 Å². The van der Waals surface area contributed by atoms with Crippen LogP contribution in [0.3, 0.4) is 0 Å². The number of nitrogens with one attached hydrogen (secondary N) is 2. The standard InChI is InChI=1S/C21H19N3O6/c1-13(15-4-7-17-18(10-15)30-12-29-17)23-20(26)11-28-21(27)14-2-5-16(6-3-14)24-19(25)8-9-22/h2-7,10,13H,8,11-12H2,1H3,(H,23,26)(H,24,25)/t13-/m0/s1. The van der Waals surface area contributed by atoms with E-state index in [1.54, 1.807) is 25.1 Å². The summed E-state index contributed by atoms with van der Waals surface area (Å²) >= 11 is 0. The Hall–Kier alpha value is -4.06. The van der Waals surface area contributed by atoms with Crippen molar-refractivity contribution < 1.29 is 28.6 Å². The summed E-state index contributed by atoms with van der Waals surface area (Å²) in [6.07, 6.45) is -0.260. The number of nitriles is 1. The van der Waals surface area contributed by atoms with Crippen molar-refractivity contribution in [2.45, 2.75) is 19.4 Å². The lowest BCUT2D eigenvalue weighted by Gasteiger charge is -2.15. The van der Waals surface area contributed by atoms with Gasteiger partial charge in [0, 0.05) is 5.69 Å². The summed E-state index contributed by atoms with van der Waals surface area (Å²) in [5.74, 6) is -0.292. The van der Waals surface area contributed by atoms with Crippen LogP contribution in [-0.2, 0) is 14.3 Å². The van der Waals surface area contributed by atoms with E-state index in [2.05, 4.69) is 10.6 Å². The first-order valence-corrected chi connectivity index (χ1v) is 9.09. The molecule has 1 heterocycles. The van der Waals surface area contributed by atoms with Crippen LogP contribution in [0.25, 0.3) is 0 Å². The molecule has 0 radical (unpaired) electrons. The minimum absolute atomic E-state index is 0.169. The van der Waals surface area contributed by atoms with E-state index >= 15 is 0 Å². The first kappa shape index (κ1) is 20.7. The number of hydrogen-bond donors (Lipinski definition) is 2. The molecule has 0 unspecified atom stereocenters. The van der Waals surface area contributed by atoms with Crippen LogP contribution in [0.4, 0.5) is 5.69 Å². The number of carbonyl (C=O) groups excluding carboxylic acids is 3. The molecule has 0 saturated heterocycles. The highest BCUT2D eigenvalue weighted by atomic mass is 16.7. The fraction of sp³-hybridized carbons (Fsp3) is 0.238. The van der Waals surface area contributed by atoms with Gasteiger partial charge < -0.3 is 24.8 Å². The van der Waals surface area contributed by atoms with Gasteiger partial charge in [0.2, 0.25) is 12.7 Å². The number of benzene rings is 2. The van der Waals surface area contributed by atoms with Gasteiger partial charge in [-0.05, 0) is 48.9 Å². The third kappa shape index (κ3) is 5.26. The summed E-state index contributed by atoms with van der Waals surface area (Å²) in [7, 11) is 0. The Balaban J connectivity index is 1.47. The zero-order chi connectivity index (χ0) is 21.5. The van der Waals surface area contributed by atoms with Crippen molar-refractivity contribution in [2.75, 3.05) is 18.7 Å². The van der Waals surface area contributed by atoms with E-state index in [0.717, 1.165) is 5.56 Å². The lowest BCUT2D eigenvalue weighted by atomic mass is 10.1. The number of amides is 2. The summed E-state index contributed by atoms with van der Waals surface area (Å²) in [5.41, 5.74) is 1.50. The fourth-order valence-corrected chi connectivity index (χ4v) is 2.73. The number of nitrogens with zero attached hydrogens (tertiary/aromatic N) is 1. The summed E-state index contributed by atoms with van der Waals surface area (Å²) in [6, 6.07) is 12.7. The summed E-state index contributed by atoms with van der Waals surface area (Å²) < 4.78 is 15.6. The minimum Gasteiger partial charge on any atom is -0.454 e. The molecule has 1 atom stereocenters. The molecular weight excluding hydrogens is 390 g/mol. The first-order valence-electron chi connectivity index (χ1n) is 9.09. The molecule has 0 fully saturated rings. The van der Waals surface area contributed by atoms with Crippen LogP contribution in [0.5, 0.6) is 11.5 Å². The van der Waals surface area contributed by atoms with Crippen LogP contribution in [0, 0.1) is 11.3 Å². The molecule has 0 bridgehead atoms. The molecule has 0 aromatic heterocycles. The van der Waals surface area contributed by atoms with Crippen molar-refractivity contribution >= 4 is 23.5 Å². The second-order valence-electron chi connectivity index (χ2n) is 6.44. The molecule has 0 saturated carbocycles. The third-order valence-electron chi connectivity index (χ3n) is 4.25. The smallest absolute Gasteiger partial charge is 0.338 e. The molecule has 2 aromatic rings. The van der Waals surface area contributed by atoms with Crippen molar-refractivity contribution in [3.63, 3.8) is 0 Å². The third-order valence-corrected chi connectivity index (χ3v) is 4.25. The quantitative estimate of drug-likeness (QED) is 0.672. The maximum atomic E-state index is 12.1. The zero-order valence-corrected chi connectivity index (χ0v) is 16.1. The molecule has 2 amide bonds. The minimum atomic E-state index is -0.671. The zero-order valence-electron chi connectivity index (χ0n) is 16.1. The lowest BCUT2D eigenvalue weighted by molar-refractivity contribution is -0.124. The Labute approximate surface area is 172 Å². The van der Waals surface area contributed by atoms with Gasteiger partial charge in [-0.3, -0.25) is 9.59 Å². The normalized spacial score (nSPS) is 12.4. The van der Waals surface area contributed by atoms with Gasteiger partial charge in [-0.25, -0.2) is 4.79 Å². The van der Waals surface area contributed by atoms with E-state index < -0.39 is 24.4 Å². The Bertz CT molecular complexity index is 997. The molecule has 2 aromatic carbocycles. The van der Waals surface area contributed by atoms with Gasteiger partial charge in [-0.1, -0.05) is 6.07 Å². The van der Waals surface area contributed by atoms with Crippen molar-refractivity contribution in [3.05, 3.63) is 53.6 Å². The average Bonchev–Trinajstić information content (AvgIpc) is 3.20. The maximum absolute atomic E-state index is 12.1. The van der Waals surface area contributed by atoms with Crippen LogP contribution in [0.1, 0.15) is 35.3 Å². The molecule has 0 aliphatic carbocycles. The largest absolute Gasteiger partial charge is 0.454 e. The molecule has 9 nitrogen and oxygen atoms in total. The molecule has 1 aliphatic heterocycles. The second kappa shape index (κ2) is 9.43. The Morgan fingerprint density at radius 1 is 1.10 bits per heavy atom. The van der Waals surface area contributed by atoms with Crippen molar-refractivity contribution in [3.8, 4) is 17.6 Å². The lowest BCUT2D eigenvalue weighted by Crippen LogP contribution is -2.31. The maximum Gasteiger partial charge on any atom is 0.338 e. The highest BCUT2D eigenvalue weighted by Crippen LogP contribution is 2.34. The number of hydrogen-bond acceptors (Lipinski definition) is 7. The van der Waals surface area contributed by atoms with E-state index in [9.17, 15) is 14.4 Å². The number of fused-ring (bicyclic) bond motifs is 1. The number of carbonyl (C=O) groups is 3. The fourth-order valence-electron chi connectivity index (χ4n) is 2.73. The number of rotatable bonds is 7. The SMILES string of the molecule is C[C@H](NC(=O)COC(=O)c1ccc(NC(=O)CC#N)cc1)c1ccc2c(c1)OCO2. The van der Waals surface area contributed by atoms with Crippen molar-refractivity contribution in [1.29, 1.82) is 5.26 Å². The van der Waals surface area contributed by atoms with Gasteiger partial charge in [-0.15, -0.1) is 0 Å². The van der Waals surface area contributed by atoms with Crippen LogP contribution >= 0.6 is 0 Å². The summed E-state index contributed by atoms with van der Waals surface area (Å²) in [6.45, 7) is 1.54. The van der Waals surface area contributed by atoms with Crippen molar-refractivity contribution in [2.24, 2.45) is 0 Å². The van der Waals surface area contributed by atoms with E-state index in [1.807, 2.05) is 6.07 Å². The topological polar surface area (TPSA) is 127 Å². The van der Waals surface area contributed by atoms with Gasteiger partial charge in [0.05, 0.1) is 17.7 Å². The molecule has 9 heteroatoms. The molecule has 30 heavy (non-hydrogen) atoms. The Morgan fingerprint density at radius 3 is 2.57 bits per heavy atom. The van der Waals surface area contributed by atoms with Gasteiger partial charge in [0.25, 0.3) is 5.91 Å². The number of esters is 1. The van der Waals surface area contributed by atoms with Gasteiger partial charge in [-0.2, -0.15) is 5.26 Å². The van der Waals surface area contributed by atoms with E-state index in [1.165, 1.54) is 24.3 Å². The van der Waals surface area contributed by atoms with Crippen molar-refractivity contribution in [1.82, 2.24) is 5.32 Å². The molecule has 1 aliphatic rings. The predicted molar refractivity (Wildman–Crippen MR) is 105 cm³/mol. The number of ether oxygens (including phenoxy) is 3. The molecule has 0 spiro atoms. The predicted octanol–water partition coefficient (Wildman–Crippen LogP) is 2.30. The van der Waals surface area contributed by atoms with E-state index in [-0.39, 0.29) is 24.8 Å². The molecule has 3 rings (SSSR count). The summed E-state index contributed by atoms with van der Waals surface area (Å²) in [5, 5.41) is 13.7. The second-order valence-corrected chi connectivity index (χ2v) is 6.44. The molecule has 2 N–H and O–H groups in total. The molecule has 154 valence electrons. The van der Waals surface area contributed by atoms with Gasteiger partial charge in [0.15, 0.2) is 18.1 Å². The van der Waals surface area contributed by atoms with Crippen LogP contribution in [0.15, 0.2) is 42.5 Å². The monoisotopic (exact) mass is 409 g/mol. The van der Waals surface area contributed by atoms with E-state index in [0.29, 0.717) is 17.2 Å². The molecular formula is C21H19N3O6. The Kier molecular flexibility index (Phi) is 6.49. The highest BCUT2D eigenvalue weighted by Gasteiger charge is 2.18.